The fourth-order valence-electron chi connectivity index (χ4n) is 4.30. The summed E-state index contributed by atoms with van der Waals surface area (Å²) >= 11 is 0. The minimum Gasteiger partial charge on any atom is -0.354 e. The predicted molar refractivity (Wildman–Crippen MR) is 134 cm³/mol. The van der Waals surface area contributed by atoms with Crippen molar-refractivity contribution in [1.29, 1.82) is 0 Å². The Morgan fingerprint density at radius 2 is 1.77 bits per heavy atom. The molecule has 6 nitrogen and oxygen atoms in total. The lowest BCUT2D eigenvalue weighted by atomic mass is 9.96. The minimum atomic E-state index is 0. The molecule has 0 bridgehead atoms. The largest absolute Gasteiger partial charge is 0.354 e. The zero-order chi connectivity index (χ0) is 20.6. The van der Waals surface area contributed by atoms with Crippen LogP contribution in [0.2, 0.25) is 0 Å². The average Bonchev–Trinajstić information content (AvgIpc) is 3.06. The van der Waals surface area contributed by atoms with E-state index < -0.39 is 0 Å². The first-order chi connectivity index (χ1) is 14.0. The van der Waals surface area contributed by atoms with Gasteiger partial charge < -0.3 is 15.5 Å². The lowest BCUT2D eigenvalue weighted by Crippen LogP contribution is -2.49. The standard InChI is InChI=1S/C23H37N5O.HI/c1-18-14-21(17-28(18)16-19-10-6-4-7-11-19)26-23(24-15-22(29)27(2)3)25-20-12-8-5-9-13-20;/h4,6-7,10-11,18,20-21H,5,8-9,12-17H2,1-3H3,(H2,24,25,26);1H. The molecule has 2 aliphatic rings. The van der Waals surface area contributed by atoms with Crippen molar-refractivity contribution in [3.8, 4) is 0 Å². The molecule has 2 unspecified atom stereocenters. The van der Waals surface area contributed by atoms with Crippen molar-refractivity contribution in [2.75, 3.05) is 27.2 Å². The third-order valence-electron chi connectivity index (χ3n) is 6.09. The number of nitrogens with zero attached hydrogens (tertiary/aromatic N) is 3. The molecular formula is C23H38IN5O. The van der Waals surface area contributed by atoms with Gasteiger partial charge in [-0.3, -0.25) is 9.69 Å². The molecule has 168 valence electrons. The van der Waals surface area contributed by atoms with E-state index in [1.165, 1.54) is 37.7 Å². The van der Waals surface area contributed by atoms with Crippen LogP contribution in [-0.4, -0.2) is 67.0 Å². The molecule has 30 heavy (non-hydrogen) atoms. The van der Waals surface area contributed by atoms with Gasteiger partial charge >= 0.3 is 0 Å². The number of hydrogen-bond acceptors (Lipinski definition) is 3. The first-order valence-corrected chi connectivity index (χ1v) is 11.1. The van der Waals surface area contributed by atoms with Crippen LogP contribution in [-0.2, 0) is 11.3 Å². The topological polar surface area (TPSA) is 60.0 Å². The highest BCUT2D eigenvalue weighted by molar-refractivity contribution is 14.0. The third-order valence-corrected chi connectivity index (χ3v) is 6.09. The summed E-state index contributed by atoms with van der Waals surface area (Å²) in [7, 11) is 3.55. The van der Waals surface area contributed by atoms with Gasteiger partial charge in [0.15, 0.2) is 5.96 Å². The molecule has 2 N–H and O–H groups in total. The molecule has 1 aliphatic carbocycles. The Labute approximate surface area is 198 Å². The number of benzene rings is 1. The van der Waals surface area contributed by atoms with Gasteiger partial charge in [-0.05, 0) is 31.7 Å². The Morgan fingerprint density at radius 1 is 1.10 bits per heavy atom. The molecule has 1 saturated carbocycles. The van der Waals surface area contributed by atoms with Crippen molar-refractivity contribution in [2.24, 2.45) is 4.99 Å². The minimum absolute atomic E-state index is 0. The lowest BCUT2D eigenvalue weighted by molar-refractivity contribution is -0.127. The van der Waals surface area contributed by atoms with Gasteiger partial charge in [-0.2, -0.15) is 0 Å². The van der Waals surface area contributed by atoms with Crippen LogP contribution in [0.4, 0.5) is 0 Å². The van der Waals surface area contributed by atoms with Crippen molar-refractivity contribution in [2.45, 2.75) is 70.1 Å². The number of likely N-dealkylation sites (tertiary alicyclic amines) is 1. The van der Waals surface area contributed by atoms with Crippen LogP contribution in [0.5, 0.6) is 0 Å². The summed E-state index contributed by atoms with van der Waals surface area (Å²) in [4.78, 5) is 20.8. The number of hydrogen-bond donors (Lipinski definition) is 2. The molecule has 1 saturated heterocycles. The number of aliphatic imine (C=N–C) groups is 1. The molecule has 0 spiro atoms. The van der Waals surface area contributed by atoms with Crippen molar-refractivity contribution < 1.29 is 4.79 Å². The summed E-state index contributed by atoms with van der Waals surface area (Å²) in [5.74, 6) is 0.825. The van der Waals surface area contributed by atoms with E-state index in [1.807, 2.05) is 0 Å². The maximum atomic E-state index is 12.0. The molecule has 1 aliphatic heterocycles. The first kappa shape index (κ1) is 24.9. The van der Waals surface area contributed by atoms with Gasteiger partial charge in [0, 0.05) is 45.3 Å². The first-order valence-electron chi connectivity index (χ1n) is 11.1. The van der Waals surface area contributed by atoms with Gasteiger partial charge in [-0.1, -0.05) is 49.6 Å². The molecule has 7 heteroatoms. The molecule has 1 amide bonds. The smallest absolute Gasteiger partial charge is 0.243 e. The highest BCUT2D eigenvalue weighted by Crippen LogP contribution is 2.21. The van der Waals surface area contributed by atoms with Crippen molar-refractivity contribution in [3.05, 3.63) is 35.9 Å². The van der Waals surface area contributed by atoms with E-state index in [9.17, 15) is 4.79 Å². The number of likely N-dealkylation sites (N-methyl/N-ethyl adjacent to an activating group) is 1. The SMILES string of the molecule is CC1CC(NC(=NCC(=O)N(C)C)NC2CCCCC2)CN1Cc1ccccc1.I. The van der Waals surface area contributed by atoms with Crippen molar-refractivity contribution in [1.82, 2.24) is 20.4 Å². The van der Waals surface area contributed by atoms with Crippen LogP contribution < -0.4 is 10.6 Å². The van der Waals surface area contributed by atoms with Crippen LogP contribution in [0.1, 0.15) is 51.0 Å². The Morgan fingerprint density at radius 3 is 2.43 bits per heavy atom. The Kier molecular flexibility index (Phi) is 10.4. The zero-order valence-electron chi connectivity index (χ0n) is 18.6. The predicted octanol–water partition coefficient (Wildman–Crippen LogP) is 3.22. The molecule has 3 rings (SSSR count). The molecule has 2 fully saturated rings. The summed E-state index contributed by atoms with van der Waals surface area (Å²) in [5, 5.41) is 7.24. The van der Waals surface area contributed by atoms with Gasteiger partial charge in [0.1, 0.15) is 6.54 Å². The molecule has 0 radical (unpaired) electrons. The van der Waals surface area contributed by atoms with E-state index in [0.717, 1.165) is 25.5 Å². The summed E-state index contributed by atoms with van der Waals surface area (Å²) < 4.78 is 0. The van der Waals surface area contributed by atoms with E-state index in [4.69, 9.17) is 0 Å². The van der Waals surface area contributed by atoms with Crippen LogP contribution in [0.15, 0.2) is 35.3 Å². The molecule has 1 aromatic rings. The molecular weight excluding hydrogens is 489 g/mol. The summed E-state index contributed by atoms with van der Waals surface area (Å²) in [5.41, 5.74) is 1.35. The van der Waals surface area contributed by atoms with Crippen LogP contribution in [0.3, 0.4) is 0 Å². The Bertz CT molecular complexity index is 675. The second kappa shape index (κ2) is 12.5. The molecule has 2 atom stereocenters. The lowest BCUT2D eigenvalue weighted by Gasteiger charge is -2.26. The van der Waals surface area contributed by atoms with Crippen LogP contribution in [0.25, 0.3) is 0 Å². The molecule has 1 aromatic carbocycles. The van der Waals surface area contributed by atoms with E-state index >= 15 is 0 Å². The summed E-state index contributed by atoms with van der Waals surface area (Å²) in [6.45, 7) is 4.45. The molecule has 0 aromatic heterocycles. The normalized spacial score (nSPS) is 23.0. The van der Waals surface area contributed by atoms with Gasteiger partial charge in [0.2, 0.25) is 5.91 Å². The van der Waals surface area contributed by atoms with Gasteiger partial charge in [-0.25, -0.2) is 4.99 Å². The fourth-order valence-corrected chi connectivity index (χ4v) is 4.30. The highest BCUT2D eigenvalue weighted by Gasteiger charge is 2.30. The van der Waals surface area contributed by atoms with E-state index in [-0.39, 0.29) is 36.4 Å². The van der Waals surface area contributed by atoms with E-state index in [2.05, 4.69) is 57.8 Å². The maximum absolute atomic E-state index is 12.0. The number of rotatable bonds is 6. The quantitative estimate of drug-likeness (QED) is 0.339. The Hall–Kier alpha value is -1.35. The van der Waals surface area contributed by atoms with E-state index in [0.29, 0.717) is 18.1 Å². The summed E-state index contributed by atoms with van der Waals surface area (Å²) in [6, 6.07) is 12.0. The fraction of sp³-hybridized carbons (Fsp3) is 0.652. The number of carbonyl (C=O) groups is 1. The van der Waals surface area contributed by atoms with Crippen LogP contribution >= 0.6 is 24.0 Å². The third kappa shape index (κ3) is 7.72. The summed E-state index contributed by atoms with van der Waals surface area (Å²) in [6.07, 6.45) is 7.32. The van der Waals surface area contributed by atoms with Crippen molar-refractivity contribution >= 4 is 35.8 Å². The van der Waals surface area contributed by atoms with Gasteiger partial charge in [0.25, 0.3) is 0 Å². The number of carbonyl (C=O) groups excluding carboxylic acids is 1. The highest BCUT2D eigenvalue weighted by atomic mass is 127. The van der Waals surface area contributed by atoms with Crippen LogP contribution in [0, 0.1) is 0 Å². The van der Waals surface area contributed by atoms with Gasteiger partial charge in [0.05, 0.1) is 0 Å². The number of halogens is 1. The van der Waals surface area contributed by atoms with Crippen molar-refractivity contribution in [3.63, 3.8) is 0 Å². The Balaban J connectivity index is 0.00000320. The average molecular weight is 527 g/mol. The maximum Gasteiger partial charge on any atom is 0.243 e. The number of amides is 1. The zero-order valence-corrected chi connectivity index (χ0v) is 21.0. The van der Waals surface area contributed by atoms with E-state index in [1.54, 1.807) is 19.0 Å². The van der Waals surface area contributed by atoms with Gasteiger partial charge in [-0.15, -0.1) is 24.0 Å². The monoisotopic (exact) mass is 527 g/mol. The second-order valence-electron chi connectivity index (χ2n) is 8.77. The second-order valence-corrected chi connectivity index (χ2v) is 8.77. The molecule has 1 heterocycles. The number of nitrogens with one attached hydrogen (secondary N) is 2. The number of guanidine groups is 1.